The fourth-order valence-electron chi connectivity index (χ4n) is 3.27. The first-order valence-electron chi connectivity index (χ1n) is 9.24. The van der Waals surface area contributed by atoms with Gasteiger partial charge in [0.05, 0.1) is 0 Å². The lowest BCUT2D eigenvalue weighted by molar-refractivity contribution is 0.480. The maximum absolute atomic E-state index is 14.5. The van der Waals surface area contributed by atoms with Gasteiger partial charge in [-0.1, -0.05) is 53.4 Å². The SMILES string of the molecule is NCCCC1(c2ccccc2)SC(c2cc(F)ccc2F)=NN1c1nnc(CF)s1. The number of alkyl halides is 1. The average molecular weight is 450 g/mol. The first kappa shape index (κ1) is 20.8. The minimum absolute atomic E-state index is 0.0609. The van der Waals surface area contributed by atoms with Crippen LogP contribution in [0.15, 0.2) is 53.6 Å². The van der Waals surface area contributed by atoms with Gasteiger partial charge in [-0.2, -0.15) is 5.10 Å². The van der Waals surface area contributed by atoms with Gasteiger partial charge in [0.15, 0.2) is 0 Å². The first-order chi connectivity index (χ1) is 14.6. The summed E-state index contributed by atoms with van der Waals surface area (Å²) >= 11 is 2.38. The van der Waals surface area contributed by atoms with Crippen molar-refractivity contribution in [2.24, 2.45) is 10.8 Å². The van der Waals surface area contributed by atoms with E-state index in [1.54, 1.807) is 5.01 Å². The van der Waals surface area contributed by atoms with E-state index in [2.05, 4.69) is 15.3 Å². The zero-order chi connectivity index (χ0) is 21.1. The Labute approximate surface area is 179 Å². The van der Waals surface area contributed by atoms with E-state index < -0.39 is 23.2 Å². The fraction of sp³-hybridized carbons (Fsp3) is 0.250. The summed E-state index contributed by atoms with van der Waals surface area (Å²) in [6.45, 7) is -0.298. The highest BCUT2D eigenvalue weighted by Gasteiger charge is 2.47. The quantitative estimate of drug-likeness (QED) is 0.562. The van der Waals surface area contributed by atoms with E-state index in [1.807, 2.05) is 30.3 Å². The highest BCUT2D eigenvalue weighted by molar-refractivity contribution is 8.15. The molecule has 1 aliphatic heterocycles. The van der Waals surface area contributed by atoms with Crippen molar-refractivity contribution in [1.82, 2.24) is 10.2 Å². The van der Waals surface area contributed by atoms with Crippen molar-refractivity contribution >= 4 is 33.3 Å². The molecule has 0 spiro atoms. The van der Waals surface area contributed by atoms with E-state index in [0.717, 1.165) is 35.1 Å². The Balaban J connectivity index is 1.87. The van der Waals surface area contributed by atoms with Crippen LogP contribution in [-0.4, -0.2) is 21.8 Å². The number of nitrogens with two attached hydrogens (primary N) is 1. The molecule has 156 valence electrons. The second-order valence-corrected chi connectivity index (χ2v) is 8.90. The Morgan fingerprint density at radius 3 is 2.57 bits per heavy atom. The van der Waals surface area contributed by atoms with Gasteiger partial charge in [0.2, 0.25) is 5.13 Å². The zero-order valence-electron chi connectivity index (χ0n) is 15.8. The van der Waals surface area contributed by atoms with Crippen molar-refractivity contribution in [3.63, 3.8) is 0 Å². The van der Waals surface area contributed by atoms with Crippen molar-refractivity contribution < 1.29 is 13.2 Å². The molecule has 4 rings (SSSR count). The molecule has 30 heavy (non-hydrogen) atoms. The maximum Gasteiger partial charge on any atom is 0.230 e. The van der Waals surface area contributed by atoms with Gasteiger partial charge >= 0.3 is 0 Å². The highest BCUT2D eigenvalue weighted by atomic mass is 32.2. The van der Waals surface area contributed by atoms with E-state index >= 15 is 0 Å². The smallest absolute Gasteiger partial charge is 0.230 e. The molecule has 1 aromatic heterocycles. The first-order valence-corrected chi connectivity index (χ1v) is 10.9. The van der Waals surface area contributed by atoms with Gasteiger partial charge in [-0.05, 0) is 43.1 Å². The van der Waals surface area contributed by atoms with Crippen LogP contribution >= 0.6 is 23.1 Å². The lowest BCUT2D eigenvalue weighted by Crippen LogP contribution is -2.38. The molecule has 5 nitrogen and oxygen atoms in total. The van der Waals surface area contributed by atoms with Gasteiger partial charge in [-0.3, -0.25) is 0 Å². The number of anilines is 1. The topological polar surface area (TPSA) is 67.4 Å². The molecule has 1 unspecified atom stereocenters. The van der Waals surface area contributed by atoms with Crippen LogP contribution in [0.25, 0.3) is 0 Å². The fourth-order valence-corrected chi connectivity index (χ4v) is 5.46. The van der Waals surface area contributed by atoms with Crippen LogP contribution in [0, 0.1) is 11.6 Å². The number of benzene rings is 2. The molecule has 2 N–H and O–H groups in total. The molecule has 0 aliphatic carbocycles. The third kappa shape index (κ3) is 3.82. The predicted octanol–water partition coefficient (Wildman–Crippen LogP) is 4.79. The van der Waals surface area contributed by atoms with Crippen LogP contribution in [0.4, 0.5) is 18.3 Å². The van der Waals surface area contributed by atoms with Gasteiger partial charge in [0.1, 0.15) is 33.2 Å². The molecular formula is C20H18F3N5S2. The highest BCUT2D eigenvalue weighted by Crippen LogP contribution is 2.52. The minimum Gasteiger partial charge on any atom is -0.330 e. The minimum atomic E-state index is -0.804. The molecule has 0 saturated heterocycles. The lowest BCUT2D eigenvalue weighted by Gasteiger charge is -2.35. The molecule has 3 aromatic rings. The van der Waals surface area contributed by atoms with E-state index in [9.17, 15) is 13.2 Å². The molecule has 2 heterocycles. The number of nitrogens with zero attached hydrogens (tertiary/aromatic N) is 4. The third-order valence-electron chi connectivity index (χ3n) is 4.65. The number of halogens is 3. The van der Waals surface area contributed by atoms with Crippen molar-refractivity contribution in [3.8, 4) is 0 Å². The molecule has 0 amide bonds. The van der Waals surface area contributed by atoms with Gasteiger partial charge in [0.25, 0.3) is 0 Å². The zero-order valence-corrected chi connectivity index (χ0v) is 17.4. The van der Waals surface area contributed by atoms with Gasteiger partial charge in [-0.25, -0.2) is 18.2 Å². The van der Waals surface area contributed by atoms with Crippen molar-refractivity contribution in [2.45, 2.75) is 24.4 Å². The van der Waals surface area contributed by atoms with Gasteiger partial charge in [0, 0.05) is 5.56 Å². The standard InChI is InChI=1S/C20H18F3N5S2/c21-12-17-25-26-19(29-17)28-20(9-4-10-24,13-5-2-1-3-6-13)30-18(27-28)15-11-14(22)7-8-16(15)23/h1-3,5-8,11H,4,9-10,12,24H2. The normalized spacial score (nSPS) is 18.7. The molecule has 1 aliphatic rings. The largest absolute Gasteiger partial charge is 0.330 e. The molecule has 0 bridgehead atoms. The van der Waals surface area contributed by atoms with E-state index in [-0.39, 0.29) is 10.6 Å². The monoisotopic (exact) mass is 449 g/mol. The predicted molar refractivity (Wildman–Crippen MR) is 114 cm³/mol. The average Bonchev–Trinajstić information content (AvgIpc) is 3.40. The summed E-state index contributed by atoms with van der Waals surface area (Å²) in [6, 6.07) is 12.8. The van der Waals surface area contributed by atoms with Crippen LogP contribution < -0.4 is 10.7 Å². The van der Waals surface area contributed by atoms with E-state index in [4.69, 9.17) is 5.73 Å². The molecule has 2 aromatic carbocycles. The summed E-state index contributed by atoms with van der Waals surface area (Å²) in [4.78, 5) is -0.804. The molecule has 1 atom stereocenters. The van der Waals surface area contributed by atoms with Crippen LogP contribution in [0.2, 0.25) is 0 Å². The Hall–Kier alpha value is -2.43. The van der Waals surface area contributed by atoms with Gasteiger partial charge < -0.3 is 5.73 Å². The van der Waals surface area contributed by atoms with E-state index in [0.29, 0.717) is 29.6 Å². The Morgan fingerprint density at radius 1 is 1.07 bits per heavy atom. The molecular weight excluding hydrogens is 431 g/mol. The second kappa shape index (κ2) is 8.75. The number of hydrogen-bond donors (Lipinski definition) is 1. The molecule has 0 saturated carbocycles. The van der Waals surface area contributed by atoms with Crippen LogP contribution in [0.5, 0.6) is 0 Å². The molecule has 0 fully saturated rings. The third-order valence-corrected chi connectivity index (χ3v) is 6.96. The number of thioether (sulfide) groups is 1. The second-order valence-electron chi connectivity index (χ2n) is 6.60. The number of hydrazone groups is 1. The van der Waals surface area contributed by atoms with Crippen molar-refractivity contribution in [3.05, 3.63) is 76.3 Å². The Kier molecular flexibility index (Phi) is 6.07. The maximum atomic E-state index is 14.5. The molecule has 10 heteroatoms. The van der Waals surface area contributed by atoms with Crippen molar-refractivity contribution in [2.75, 3.05) is 11.6 Å². The number of hydrogen-bond acceptors (Lipinski definition) is 7. The lowest BCUT2D eigenvalue weighted by atomic mass is 10.0. The summed E-state index contributed by atoms with van der Waals surface area (Å²) in [6.07, 6.45) is 1.22. The number of aromatic nitrogens is 2. The van der Waals surface area contributed by atoms with Crippen LogP contribution in [0.1, 0.15) is 29.0 Å². The summed E-state index contributed by atoms with van der Waals surface area (Å²) in [5, 5.41) is 15.1. The van der Waals surface area contributed by atoms with Crippen molar-refractivity contribution in [1.29, 1.82) is 0 Å². The summed E-state index contributed by atoms with van der Waals surface area (Å²) in [5.41, 5.74) is 6.75. The van der Waals surface area contributed by atoms with E-state index in [1.165, 1.54) is 11.8 Å². The summed E-state index contributed by atoms with van der Waals surface area (Å²) in [5.74, 6) is -1.14. The van der Waals surface area contributed by atoms with Gasteiger partial charge in [-0.15, -0.1) is 10.2 Å². The Morgan fingerprint density at radius 2 is 1.87 bits per heavy atom. The summed E-state index contributed by atoms with van der Waals surface area (Å²) in [7, 11) is 0. The number of rotatable bonds is 7. The van der Waals surface area contributed by atoms with Crippen LogP contribution in [-0.2, 0) is 11.5 Å². The van der Waals surface area contributed by atoms with Crippen LogP contribution in [0.3, 0.4) is 0 Å². The molecule has 0 radical (unpaired) electrons. The summed E-state index contributed by atoms with van der Waals surface area (Å²) < 4.78 is 41.5. The Bertz CT molecular complexity index is 1060.